The number of fused-ring (bicyclic) bond motifs is 3. The van der Waals surface area contributed by atoms with Crippen molar-refractivity contribution in [1.29, 1.82) is 0 Å². The van der Waals surface area contributed by atoms with Crippen molar-refractivity contribution in [2.45, 2.75) is 33.9 Å². The van der Waals surface area contributed by atoms with Gasteiger partial charge in [0.2, 0.25) is 17.7 Å². The first kappa shape index (κ1) is 69.3. The Labute approximate surface area is 599 Å². The van der Waals surface area contributed by atoms with Crippen LogP contribution in [-0.2, 0) is 37.2 Å². The Kier molecular flexibility index (Phi) is 28.3. The fourth-order valence-corrected chi connectivity index (χ4v) is 10.0. The molecule has 85 heavy (non-hydrogen) atoms. The normalized spacial score (nSPS) is 13.8. The van der Waals surface area contributed by atoms with Gasteiger partial charge in [-0.15, -0.1) is 11.6 Å². The molecular weight excluding hydrogens is 1220 g/mol. The van der Waals surface area contributed by atoms with Crippen LogP contribution < -0.4 is 123 Å². The van der Waals surface area contributed by atoms with E-state index < -0.39 is 0 Å². The number of aryl methyl sites for hydroxylation is 3. The van der Waals surface area contributed by atoms with Gasteiger partial charge in [-0.3, -0.25) is 48.6 Å². The van der Waals surface area contributed by atoms with Gasteiger partial charge in [0, 0.05) is 152 Å². The number of pyridine rings is 3. The van der Waals surface area contributed by atoms with E-state index in [1.165, 1.54) is 0 Å². The first-order valence-corrected chi connectivity index (χ1v) is 28.3. The molecule has 0 radical (unpaired) electrons. The van der Waals surface area contributed by atoms with Crippen molar-refractivity contribution in [1.82, 2.24) is 59.4 Å². The summed E-state index contributed by atoms with van der Waals surface area (Å²) in [7, 11) is 0. The van der Waals surface area contributed by atoms with Gasteiger partial charge in [-0.1, -0.05) is 34.8 Å². The number of aromatic nitrogens is 9. The predicted molar refractivity (Wildman–Crippen MR) is 323 cm³/mol. The number of benzene rings is 3. The van der Waals surface area contributed by atoms with Crippen molar-refractivity contribution < 1.29 is 134 Å². The maximum atomic E-state index is 12.7. The second-order valence-electron chi connectivity index (χ2n) is 19.6. The van der Waals surface area contributed by atoms with Gasteiger partial charge in [0.1, 0.15) is 24.5 Å². The van der Waals surface area contributed by atoms with Crippen LogP contribution in [0.2, 0.25) is 15.1 Å². The molecule has 0 saturated carbocycles. The third-order valence-corrected chi connectivity index (χ3v) is 15.7. The Morgan fingerprint density at radius 3 is 1.46 bits per heavy atom. The number of halogens is 4. The molecule has 0 atom stereocenters. The number of amides is 3. The number of nitrogens with one attached hydrogen (secondary N) is 1. The topological polar surface area (TPSA) is 223 Å². The molecule has 27 heteroatoms. The van der Waals surface area contributed by atoms with Crippen molar-refractivity contribution in [3.8, 4) is 0 Å². The van der Waals surface area contributed by atoms with E-state index in [2.05, 4.69) is 73.1 Å². The molecule has 3 aliphatic rings. The molecule has 436 valence electrons. The van der Waals surface area contributed by atoms with Crippen LogP contribution in [0.5, 0.6) is 0 Å². The quantitative estimate of drug-likeness (QED) is 0.0712. The Morgan fingerprint density at radius 2 is 1.01 bits per heavy atom. The molecule has 3 saturated heterocycles. The number of rotatable bonds is 9. The SMILES string of the molecule is Cc1cc(N2CCN(C(=O)CCl)CC2)ccc1Cl.Cc1cc(N2CCN(C(=O)Cn3cc4ccncc4n3)CC2)ccc1Cl.Cc1cc(N2CCN(C(=O)Cn3ncc4ccncc43)CC2)ccc1Cl.O=CO[O-].[H-].[K+].[K+].c1cc2cn[nH]c2cn1. The number of alkyl halides is 1. The van der Waals surface area contributed by atoms with E-state index in [9.17, 15) is 14.4 Å². The first-order chi connectivity index (χ1) is 40.2. The van der Waals surface area contributed by atoms with Gasteiger partial charge in [-0.05, 0) is 110 Å². The summed E-state index contributed by atoms with van der Waals surface area (Å²) in [6.45, 7) is 15.6. The number of carbonyl (C=O) groups excluding carboxylic acids is 4. The van der Waals surface area contributed by atoms with Gasteiger partial charge in [0.25, 0.3) is 6.47 Å². The maximum Gasteiger partial charge on any atom is 1.00 e. The monoisotopic (exact) mass is 1280 g/mol. The smallest absolute Gasteiger partial charge is 1.00 e. The van der Waals surface area contributed by atoms with E-state index in [4.69, 9.17) is 56.5 Å². The van der Waals surface area contributed by atoms with Crippen molar-refractivity contribution >= 4 is 120 Å². The molecule has 0 spiro atoms. The number of hydrogen-bond acceptors (Lipinski definition) is 15. The van der Waals surface area contributed by atoms with E-state index >= 15 is 0 Å². The van der Waals surface area contributed by atoms with E-state index in [0.29, 0.717) is 26.2 Å². The van der Waals surface area contributed by atoms with Gasteiger partial charge >= 0.3 is 103 Å². The third kappa shape index (κ3) is 19.6. The van der Waals surface area contributed by atoms with Gasteiger partial charge in [-0.25, -0.2) is 0 Å². The van der Waals surface area contributed by atoms with Crippen molar-refractivity contribution in [3.63, 3.8) is 0 Å². The zero-order valence-corrected chi connectivity index (χ0v) is 57.3. The summed E-state index contributed by atoms with van der Waals surface area (Å²) in [5, 5.41) is 29.2. The minimum atomic E-state index is -0.181. The number of aromatic amines is 1. The third-order valence-electron chi connectivity index (χ3n) is 14.2. The number of piperazine rings is 3. The molecule has 1 N–H and O–H groups in total. The number of nitrogens with zero attached hydrogens (tertiary/aromatic N) is 14. The Balaban J connectivity index is 0.000000212. The van der Waals surface area contributed by atoms with Gasteiger partial charge in [-0.2, -0.15) is 15.3 Å². The number of H-pyrrole nitrogens is 1. The van der Waals surface area contributed by atoms with Crippen molar-refractivity contribution in [3.05, 3.63) is 160 Å². The first-order valence-electron chi connectivity index (χ1n) is 26.6. The van der Waals surface area contributed by atoms with Crippen LogP contribution in [0.4, 0.5) is 17.1 Å². The largest absolute Gasteiger partial charge is 1.00 e. The van der Waals surface area contributed by atoms with E-state index in [-0.39, 0.29) is 147 Å². The second kappa shape index (κ2) is 34.7. The predicted octanol–water partition coefficient (Wildman–Crippen LogP) is 1.53. The van der Waals surface area contributed by atoms with Crippen LogP contribution in [0, 0.1) is 20.8 Å². The molecule has 3 aromatic carbocycles. The molecule has 3 fully saturated rings. The second-order valence-corrected chi connectivity index (χ2v) is 21.0. The zero-order valence-electron chi connectivity index (χ0n) is 49.0. The summed E-state index contributed by atoms with van der Waals surface area (Å²) in [5.74, 6) is 0.271. The minimum absolute atomic E-state index is 0. The molecular formula is C58H63Cl4K2N15O6. The van der Waals surface area contributed by atoms with Crippen LogP contribution in [0.15, 0.2) is 129 Å². The van der Waals surface area contributed by atoms with Gasteiger partial charge in [0.15, 0.2) is 0 Å². The number of hydrogen-bond donors (Lipinski definition) is 1. The number of anilines is 3. The average molecular weight is 1290 g/mol. The van der Waals surface area contributed by atoms with Crippen LogP contribution in [0.25, 0.3) is 32.7 Å². The summed E-state index contributed by atoms with van der Waals surface area (Å²) >= 11 is 23.8. The molecule has 0 unspecified atom stereocenters. The molecule has 0 aliphatic carbocycles. The van der Waals surface area contributed by atoms with Gasteiger partial charge < -0.3 is 41.0 Å². The summed E-state index contributed by atoms with van der Waals surface area (Å²) in [4.78, 5) is 72.5. The Morgan fingerprint density at radius 1 is 0.576 bits per heavy atom. The van der Waals surface area contributed by atoms with Crippen LogP contribution >= 0.6 is 46.4 Å². The van der Waals surface area contributed by atoms with Crippen LogP contribution in [0.1, 0.15) is 18.1 Å². The average Bonchev–Trinajstić information content (AvgIpc) is 4.10. The van der Waals surface area contributed by atoms with Gasteiger partial charge in [0.05, 0.1) is 42.0 Å². The molecule has 0 bridgehead atoms. The van der Waals surface area contributed by atoms with E-state index in [1.54, 1.807) is 58.9 Å². The van der Waals surface area contributed by atoms with E-state index in [0.717, 1.165) is 134 Å². The van der Waals surface area contributed by atoms with Crippen molar-refractivity contribution in [2.75, 3.05) is 99.1 Å². The number of carbonyl (C=O) groups is 4. The van der Waals surface area contributed by atoms with Crippen LogP contribution in [0.3, 0.4) is 0 Å². The Bertz CT molecular complexity index is 3560. The summed E-state index contributed by atoms with van der Waals surface area (Å²) in [6, 6.07) is 23.9. The standard InChI is InChI=1S/2C19H20ClN5O.C13H16Cl2N2O.C6H5N3.CH2O3.2K.H/c1-14-10-16(2-3-17(14)20)23-6-8-24(9-7-23)19(26)13-25-12-15-4-5-21-11-18(15)22-25;1-14-10-16(2-3-17(14)20)23-6-8-24(9-7-23)19(26)13-25-18-12-21-5-4-15(18)11-22-25;1-10-8-11(2-3-12(10)15)16-4-6-17(7-5-16)13(18)9-14;1-2-7-4-6-5(1)3-8-9-6;2-1-4-3;;;/h2*2-5,10-12H,6-9,13H2,1H3;2-3,8H,4-7,9H2,1H3;1-4H,(H,8,9);1,3H;;;/q;;;;;2*+1;-1/p-1. The molecule has 9 heterocycles. The molecule has 21 nitrogen and oxygen atoms in total. The fourth-order valence-electron chi connectivity index (χ4n) is 9.49. The molecule has 3 aliphatic heterocycles. The molecule has 9 aromatic rings. The van der Waals surface area contributed by atoms with Crippen LogP contribution in [-0.4, -0.2) is 168 Å². The minimum Gasteiger partial charge on any atom is -1.00 e. The molecule has 3 amide bonds. The zero-order chi connectivity index (χ0) is 58.8. The summed E-state index contributed by atoms with van der Waals surface area (Å²) < 4.78 is 3.42. The molecule has 12 rings (SSSR count). The van der Waals surface area contributed by atoms with E-state index in [1.807, 2.05) is 96.3 Å². The molecule has 6 aromatic heterocycles. The summed E-state index contributed by atoms with van der Waals surface area (Å²) in [6.07, 6.45) is 15.9. The maximum absolute atomic E-state index is 12.7. The summed E-state index contributed by atoms with van der Waals surface area (Å²) in [5.41, 5.74) is 9.37. The Hall–Kier alpha value is -4.81. The fraction of sp³-hybridized carbons (Fsp3) is 0.310. The van der Waals surface area contributed by atoms with Crippen molar-refractivity contribution in [2.24, 2.45) is 0 Å².